The van der Waals surface area contributed by atoms with Gasteiger partial charge in [-0.1, -0.05) is 12.8 Å². The highest BCUT2D eigenvalue weighted by atomic mass is 35.5. The van der Waals surface area contributed by atoms with Crippen molar-refractivity contribution in [2.45, 2.75) is 50.7 Å². The second-order valence-corrected chi connectivity index (χ2v) is 4.30. The van der Waals surface area contributed by atoms with Crippen LogP contribution in [0.2, 0.25) is 0 Å². The molecular weight excluding hydrogens is 223 g/mol. The van der Waals surface area contributed by atoms with E-state index >= 15 is 0 Å². The van der Waals surface area contributed by atoms with Crippen LogP contribution in [0, 0.1) is 0 Å². The molecule has 0 aromatic carbocycles. The number of halogens is 2. The first kappa shape index (κ1) is 14.5. The Kier molecular flexibility index (Phi) is 10.4. The molecule has 2 unspecified atom stereocenters. The van der Waals surface area contributed by atoms with Gasteiger partial charge in [0, 0.05) is 11.8 Å². The molecule has 0 aliphatic heterocycles. The number of aliphatic hydroxyl groups is 2. The molecule has 2 N–H and O–H groups in total. The fourth-order valence-corrected chi connectivity index (χ4v) is 1.80. The average Bonchev–Trinajstić information content (AvgIpc) is 2.13. The lowest BCUT2D eigenvalue weighted by Gasteiger charge is -2.10. The standard InChI is InChI=1S/C10H20Cl2O2/c11-7-5-9(13)3-1-2-4-10(14)6-8-12/h9-10,13-14H,1-8H2. The zero-order valence-corrected chi connectivity index (χ0v) is 9.97. The zero-order chi connectivity index (χ0) is 10.8. The van der Waals surface area contributed by atoms with E-state index in [2.05, 4.69) is 0 Å². The highest BCUT2D eigenvalue weighted by Crippen LogP contribution is 2.10. The molecule has 0 aromatic rings. The minimum absolute atomic E-state index is 0.280. The maximum Gasteiger partial charge on any atom is 0.0551 e. The molecule has 2 nitrogen and oxygen atoms in total. The summed E-state index contributed by atoms with van der Waals surface area (Å²) in [6.45, 7) is 0. The van der Waals surface area contributed by atoms with Gasteiger partial charge >= 0.3 is 0 Å². The number of hydrogen-bond acceptors (Lipinski definition) is 2. The number of unbranched alkanes of at least 4 members (excludes halogenated alkanes) is 1. The molecule has 0 saturated carbocycles. The predicted molar refractivity (Wildman–Crippen MR) is 61.2 cm³/mol. The van der Waals surface area contributed by atoms with Crippen LogP contribution in [0.15, 0.2) is 0 Å². The summed E-state index contributed by atoms with van der Waals surface area (Å²) >= 11 is 11.0. The lowest BCUT2D eigenvalue weighted by molar-refractivity contribution is 0.141. The van der Waals surface area contributed by atoms with Crippen molar-refractivity contribution in [3.8, 4) is 0 Å². The van der Waals surface area contributed by atoms with Crippen molar-refractivity contribution in [2.24, 2.45) is 0 Å². The molecule has 86 valence electrons. The maximum atomic E-state index is 9.35. The Balaban J connectivity index is 3.19. The second kappa shape index (κ2) is 10.0. The van der Waals surface area contributed by atoms with Gasteiger partial charge in [0.2, 0.25) is 0 Å². The summed E-state index contributed by atoms with van der Waals surface area (Å²) in [6, 6.07) is 0. The van der Waals surface area contributed by atoms with Crippen LogP contribution in [0.25, 0.3) is 0 Å². The second-order valence-electron chi connectivity index (χ2n) is 3.55. The van der Waals surface area contributed by atoms with Crippen molar-refractivity contribution in [3.05, 3.63) is 0 Å². The number of hydrogen-bond donors (Lipinski definition) is 2. The van der Waals surface area contributed by atoms with E-state index in [4.69, 9.17) is 23.2 Å². The van der Waals surface area contributed by atoms with Gasteiger partial charge in [-0.25, -0.2) is 0 Å². The van der Waals surface area contributed by atoms with E-state index in [0.717, 1.165) is 25.7 Å². The Morgan fingerprint density at radius 3 is 1.36 bits per heavy atom. The Bertz CT molecular complexity index is 109. The molecule has 0 radical (unpaired) electrons. The molecule has 0 bridgehead atoms. The SMILES string of the molecule is OC(CCCl)CCCCC(O)CCCl. The third-order valence-corrected chi connectivity index (χ3v) is 2.65. The Hall–Kier alpha value is 0.500. The van der Waals surface area contributed by atoms with E-state index < -0.39 is 0 Å². The largest absolute Gasteiger partial charge is 0.393 e. The molecule has 14 heavy (non-hydrogen) atoms. The minimum atomic E-state index is -0.280. The normalized spacial score (nSPS) is 15.4. The maximum absolute atomic E-state index is 9.35. The van der Waals surface area contributed by atoms with Crippen LogP contribution in [-0.2, 0) is 0 Å². The highest BCUT2D eigenvalue weighted by molar-refractivity contribution is 6.18. The molecule has 0 spiro atoms. The molecule has 0 aromatic heterocycles. The van der Waals surface area contributed by atoms with E-state index in [1.54, 1.807) is 0 Å². The van der Waals surface area contributed by atoms with E-state index in [-0.39, 0.29) is 12.2 Å². The van der Waals surface area contributed by atoms with Crippen molar-refractivity contribution in [3.63, 3.8) is 0 Å². The lowest BCUT2D eigenvalue weighted by atomic mass is 10.1. The molecule has 0 aliphatic carbocycles. The van der Waals surface area contributed by atoms with E-state index in [9.17, 15) is 10.2 Å². The third kappa shape index (κ3) is 9.07. The molecule has 0 saturated heterocycles. The van der Waals surface area contributed by atoms with Gasteiger partial charge in [-0.3, -0.25) is 0 Å². The molecule has 0 fully saturated rings. The monoisotopic (exact) mass is 242 g/mol. The van der Waals surface area contributed by atoms with Gasteiger partial charge in [0.15, 0.2) is 0 Å². The average molecular weight is 243 g/mol. The first-order valence-corrected chi connectivity index (χ1v) is 6.25. The minimum Gasteiger partial charge on any atom is -0.393 e. The first-order valence-electron chi connectivity index (χ1n) is 5.18. The fraction of sp³-hybridized carbons (Fsp3) is 1.00. The van der Waals surface area contributed by atoms with Gasteiger partial charge in [0.25, 0.3) is 0 Å². The van der Waals surface area contributed by atoms with Crippen LogP contribution in [0.1, 0.15) is 38.5 Å². The van der Waals surface area contributed by atoms with Crippen molar-refractivity contribution < 1.29 is 10.2 Å². The number of alkyl halides is 2. The Morgan fingerprint density at radius 1 is 0.714 bits per heavy atom. The van der Waals surface area contributed by atoms with Crippen molar-refractivity contribution in [1.82, 2.24) is 0 Å². The van der Waals surface area contributed by atoms with Crippen molar-refractivity contribution in [2.75, 3.05) is 11.8 Å². The smallest absolute Gasteiger partial charge is 0.0551 e. The summed E-state index contributed by atoms with van der Waals surface area (Å²) in [5.41, 5.74) is 0. The van der Waals surface area contributed by atoms with Crippen LogP contribution in [0.5, 0.6) is 0 Å². The quantitative estimate of drug-likeness (QED) is 0.482. The van der Waals surface area contributed by atoms with Crippen molar-refractivity contribution in [1.29, 1.82) is 0 Å². The van der Waals surface area contributed by atoms with Gasteiger partial charge < -0.3 is 10.2 Å². The van der Waals surface area contributed by atoms with Gasteiger partial charge in [0.1, 0.15) is 0 Å². The van der Waals surface area contributed by atoms with Crippen LogP contribution in [0.4, 0.5) is 0 Å². The summed E-state index contributed by atoms with van der Waals surface area (Å²) in [5, 5.41) is 18.7. The summed E-state index contributed by atoms with van der Waals surface area (Å²) < 4.78 is 0. The van der Waals surface area contributed by atoms with E-state index in [1.807, 2.05) is 0 Å². The molecule has 0 rings (SSSR count). The van der Waals surface area contributed by atoms with Crippen LogP contribution >= 0.6 is 23.2 Å². The predicted octanol–water partition coefficient (Wildman–Crippen LogP) is 2.53. The summed E-state index contributed by atoms with van der Waals surface area (Å²) in [7, 11) is 0. The third-order valence-electron chi connectivity index (χ3n) is 2.21. The van der Waals surface area contributed by atoms with E-state index in [1.165, 1.54) is 0 Å². The summed E-state index contributed by atoms with van der Waals surface area (Å²) in [5.74, 6) is 1.02. The molecule has 2 atom stereocenters. The van der Waals surface area contributed by atoms with Crippen LogP contribution < -0.4 is 0 Å². The molecule has 0 heterocycles. The topological polar surface area (TPSA) is 40.5 Å². The summed E-state index contributed by atoms with van der Waals surface area (Å²) in [4.78, 5) is 0. The Morgan fingerprint density at radius 2 is 1.07 bits per heavy atom. The highest BCUT2D eigenvalue weighted by Gasteiger charge is 2.05. The van der Waals surface area contributed by atoms with Crippen molar-refractivity contribution >= 4 is 23.2 Å². The van der Waals surface area contributed by atoms with Crippen LogP contribution in [0.3, 0.4) is 0 Å². The number of rotatable bonds is 9. The number of aliphatic hydroxyl groups excluding tert-OH is 2. The molecule has 0 amide bonds. The van der Waals surface area contributed by atoms with Crippen LogP contribution in [-0.4, -0.2) is 34.2 Å². The van der Waals surface area contributed by atoms with Gasteiger partial charge in [-0.15, -0.1) is 23.2 Å². The molecular formula is C10H20Cl2O2. The van der Waals surface area contributed by atoms with E-state index in [0.29, 0.717) is 24.6 Å². The summed E-state index contributed by atoms with van der Waals surface area (Å²) in [6.07, 6.45) is 4.20. The molecule has 4 heteroatoms. The lowest BCUT2D eigenvalue weighted by Crippen LogP contribution is -2.09. The Labute approximate surface area is 96.2 Å². The fourth-order valence-electron chi connectivity index (χ4n) is 1.30. The molecule has 0 aliphatic rings. The van der Waals surface area contributed by atoms with Gasteiger partial charge in [0.05, 0.1) is 12.2 Å². The van der Waals surface area contributed by atoms with Gasteiger partial charge in [-0.2, -0.15) is 0 Å². The van der Waals surface area contributed by atoms with Gasteiger partial charge in [-0.05, 0) is 25.7 Å². The first-order chi connectivity index (χ1) is 6.70. The zero-order valence-electron chi connectivity index (χ0n) is 8.46.